The molecule has 1 aliphatic heterocycles. The Morgan fingerprint density at radius 2 is 1.10 bits per heavy atom. The highest BCUT2D eigenvalue weighted by Crippen LogP contribution is 2.20. The molecule has 0 saturated carbocycles. The van der Waals surface area contributed by atoms with Crippen molar-refractivity contribution in [2.45, 2.75) is 181 Å². The lowest BCUT2D eigenvalue weighted by Gasteiger charge is -2.25. The molecule has 1 aromatic heterocycles. The maximum absolute atomic E-state index is 13.0. The van der Waals surface area contributed by atoms with E-state index in [2.05, 4.69) is 28.8 Å². The Balaban J connectivity index is 0.00000760. The van der Waals surface area contributed by atoms with Gasteiger partial charge in [0, 0.05) is 19.5 Å². The smallest absolute Gasteiger partial charge is 0.288 e. The standard InChI is InChI=1S/C34H63N2OS.BrH/c1-3-5-7-9-11-13-15-17-19-22-26-32-33(27-23-20-18-16-14-12-10-8-6-4-2)38-31-36(32)30-34(37)35-28-24-21-25-29-35;/h31H,3-30H2,1-2H3;1H/q+1;/p-1. The number of rotatable bonds is 24. The molecule has 0 bridgehead atoms. The van der Waals surface area contributed by atoms with Crippen molar-refractivity contribution < 1.29 is 26.3 Å². The highest BCUT2D eigenvalue weighted by Gasteiger charge is 2.25. The zero-order chi connectivity index (χ0) is 27.1. The summed E-state index contributed by atoms with van der Waals surface area (Å²) in [6, 6.07) is 0. The van der Waals surface area contributed by atoms with E-state index in [9.17, 15) is 4.79 Å². The number of piperidine rings is 1. The van der Waals surface area contributed by atoms with Gasteiger partial charge in [-0.1, -0.05) is 141 Å². The lowest BCUT2D eigenvalue weighted by molar-refractivity contribution is -0.688. The molecule has 0 spiro atoms. The van der Waals surface area contributed by atoms with Gasteiger partial charge in [0.25, 0.3) is 5.91 Å². The van der Waals surface area contributed by atoms with Crippen molar-refractivity contribution in [3.05, 3.63) is 16.1 Å². The number of likely N-dealkylation sites (tertiary alicyclic amines) is 1. The van der Waals surface area contributed by atoms with Crippen molar-refractivity contribution in [3.8, 4) is 0 Å². The number of carbonyl (C=O) groups is 1. The highest BCUT2D eigenvalue weighted by molar-refractivity contribution is 7.09. The molecule has 5 heteroatoms. The number of nitrogens with zero attached hydrogens (tertiary/aromatic N) is 2. The van der Waals surface area contributed by atoms with Crippen LogP contribution >= 0.6 is 11.3 Å². The summed E-state index contributed by atoms with van der Waals surface area (Å²) in [5, 5.41) is 0. The Bertz CT molecular complexity index is 701. The van der Waals surface area contributed by atoms with Crippen LogP contribution in [0.1, 0.15) is 172 Å². The fraction of sp³-hybridized carbons (Fsp3) is 0.882. The molecular weight excluding hydrogens is 564 g/mol. The summed E-state index contributed by atoms with van der Waals surface area (Å²) in [4.78, 5) is 16.7. The number of amides is 1. The van der Waals surface area contributed by atoms with Gasteiger partial charge in [-0.15, -0.1) is 0 Å². The molecule has 1 fully saturated rings. The van der Waals surface area contributed by atoms with Gasteiger partial charge < -0.3 is 21.9 Å². The summed E-state index contributed by atoms with van der Waals surface area (Å²) in [6.07, 6.45) is 33.7. The number of aromatic nitrogens is 1. The van der Waals surface area contributed by atoms with Crippen molar-refractivity contribution in [3.63, 3.8) is 0 Å². The molecule has 0 unspecified atom stereocenters. The molecule has 1 saturated heterocycles. The summed E-state index contributed by atoms with van der Waals surface area (Å²) < 4.78 is 2.33. The molecule has 1 amide bonds. The maximum atomic E-state index is 13.0. The van der Waals surface area contributed by atoms with Crippen LogP contribution in [0.4, 0.5) is 0 Å². The molecule has 1 aliphatic rings. The van der Waals surface area contributed by atoms with Crippen molar-refractivity contribution in [2.24, 2.45) is 0 Å². The second kappa shape index (κ2) is 25.3. The van der Waals surface area contributed by atoms with Crippen LogP contribution in [0.25, 0.3) is 0 Å². The summed E-state index contributed by atoms with van der Waals surface area (Å²) in [7, 11) is 0. The van der Waals surface area contributed by atoms with Gasteiger partial charge in [0.15, 0.2) is 5.69 Å². The molecule has 2 heterocycles. The first-order chi connectivity index (χ1) is 18.8. The number of hydrogen-bond donors (Lipinski definition) is 0. The van der Waals surface area contributed by atoms with Crippen LogP contribution in [-0.4, -0.2) is 23.9 Å². The van der Waals surface area contributed by atoms with Gasteiger partial charge in [-0.2, -0.15) is 4.57 Å². The van der Waals surface area contributed by atoms with Crippen LogP contribution < -0.4 is 21.5 Å². The Morgan fingerprint density at radius 1 is 0.667 bits per heavy atom. The monoisotopic (exact) mass is 626 g/mol. The summed E-state index contributed by atoms with van der Waals surface area (Å²) in [5.41, 5.74) is 3.75. The number of unbranched alkanes of at least 4 members (excludes halogenated alkanes) is 18. The molecule has 0 N–H and O–H groups in total. The average Bonchev–Trinajstić information content (AvgIpc) is 3.32. The van der Waals surface area contributed by atoms with Crippen molar-refractivity contribution in [1.29, 1.82) is 0 Å². The van der Waals surface area contributed by atoms with Gasteiger partial charge in [-0.05, 0) is 38.5 Å². The molecule has 39 heavy (non-hydrogen) atoms. The number of carbonyl (C=O) groups excluding carboxylic acids is 1. The minimum absolute atomic E-state index is 0. The zero-order valence-corrected chi connectivity index (χ0v) is 28.4. The van der Waals surface area contributed by atoms with Crippen LogP contribution in [0.2, 0.25) is 0 Å². The zero-order valence-electron chi connectivity index (χ0n) is 26.0. The predicted molar refractivity (Wildman–Crippen MR) is 166 cm³/mol. The number of halogens is 1. The molecule has 228 valence electrons. The second-order valence-corrected chi connectivity index (χ2v) is 13.0. The average molecular weight is 628 g/mol. The van der Waals surface area contributed by atoms with E-state index < -0.39 is 0 Å². The minimum Gasteiger partial charge on any atom is -1.00 e. The van der Waals surface area contributed by atoms with Crippen LogP contribution in [0, 0.1) is 0 Å². The largest absolute Gasteiger partial charge is 1.00 e. The Kier molecular flexibility index (Phi) is 23.7. The lowest BCUT2D eigenvalue weighted by atomic mass is 10.0. The van der Waals surface area contributed by atoms with Crippen LogP contribution in [0.15, 0.2) is 5.51 Å². The Labute approximate surface area is 257 Å². The topological polar surface area (TPSA) is 24.2 Å². The third kappa shape index (κ3) is 17.2. The fourth-order valence-corrected chi connectivity index (χ4v) is 7.05. The van der Waals surface area contributed by atoms with Gasteiger partial charge in [0.2, 0.25) is 12.1 Å². The highest BCUT2D eigenvalue weighted by atomic mass is 79.9. The Hall–Kier alpha value is -0.420. The Morgan fingerprint density at radius 3 is 1.59 bits per heavy atom. The van der Waals surface area contributed by atoms with Crippen LogP contribution in [0.3, 0.4) is 0 Å². The van der Waals surface area contributed by atoms with E-state index in [1.54, 1.807) is 4.88 Å². The van der Waals surface area contributed by atoms with Crippen molar-refractivity contribution in [1.82, 2.24) is 4.90 Å². The third-order valence-electron chi connectivity index (χ3n) is 8.53. The van der Waals surface area contributed by atoms with E-state index >= 15 is 0 Å². The van der Waals surface area contributed by atoms with Crippen LogP contribution in [0.5, 0.6) is 0 Å². The molecule has 0 aromatic carbocycles. The molecule has 0 aliphatic carbocycles. The van der Waals surface area contributed by atoms with E-state index in [0.717, 1.165) is 19.5 Å². The second-order valence-electron chi connectivity index (χ2n) is 12.0. The van der Waals surface area contributed by atoms with Crippen LogP contribution in [-0.2, 0) is 24.2 Å². The molecule has 2 rings (SSSR count). The van der Waals surface area contributed by atoms with E-state index in [1.807, 2.05) is 11.3 Å². The van der Waals surface area contributed by atoms with Gasteiger partial charge in [0.05, 0.1) is 4.88 Å². The first-order valence-corrected chi connectivity index (χ1v) is 17.9. The van der Waals surface area contributed by atoms with Gasteiger partial charge in [-0.25, -0.2) is 0 Å². The normalized spacial score (nSPS) is 13.5. The molecule has 3 nitrogen and oxygen atoms in total. The summed E-state index contributed by atoms with van der Waals surface area (Å²) >= 11 is 1.92. The van der Waals surface area contributed by atoms with Gasteiger partial charge in [-0.3, -0.25) is 4.79 Å². The fourth-order valence-electron chi connectivity index (χ4n) is 5.98. The lowest BCUT2D eigenvalue weighted by Crippen LogP contribution is -3.00. The number of thiazole rings is 1. The SMILES string of the molecule is CCCCCCCCCCCCc1sc[n+](CC(=O)N2CCCCC2)c1CCCCCCCCCCCC.[Br-]. The quantitative estimate of drug-likeness (QED) is 0.0897. The first kappa shape index (κ1) is 36.6. The molecular formula is C34H63BrN2OS. The van der Waals surface area contributed by atoms with E-state index in [1.165, 1.54) is 160 Å². The van der Waals surface area contributed by atoms with E-state index in [4.69, 9.17) is 0 Å². The minimum atomic E-state index is 0. The number of hydrogen-bond acceptors (Lipinski definition) is 2. The van der Waals surface area contributed by atoms with Crippen molar-refractivity contribution in [2.75, 3.05) is 13.1 Å². The predicted octanol–water partition coefficient (Wildman–Crippen LogP) is 6.98. The van der Waals surface area contributed by atoms with Crippen molar-refractivity contribution >= 4 is 17.2 Å². The molecule has 1 aromatic rings. The van der Waals surface area contributed by atoms with E-state index in [-0.39, 0.29) is 17.0 Å². The van der Waals surface area contributed by atoms with Gasteiger partial charge in [0.1, 0.15) is 0 Å². The first-order valence-electron chi connectivity index (χ1n) is 17.0. The summed E-state index contributed by atoms with van der Waals surface area (Å²) in [6.45, 7) is 7.07. The molecule has 0 atom stereocenters. The maximum Gasteiger partial charge on any atom is 0.288 e. The molecule has 0 radical (unpaired) electrons. The van der Waals surface area contributed by atoms with E-state index in [0.29, 0.717) is 12.5 Å². The number of aryl methyl sites for hydroxylation is 1. The van der Waals surface area contributed by atoms with Gasteiger partial charge >= 0.3 is 0 Å². The third-order valence-corrected chi connectivity index (χ3v) is 9.61. The summed E-state index contributed by atoms with van der Waals surface area (Å²) in [5.74, 6) is 0.335.